The summed E-state index contributed by atoms with van der Waals surface area (Å²) in [4.78, 5) is 19.4. The van der Waals surface area contributed by atoms with Gasteiger partial charge in [-0.15, -0.1) is 10.2 Å². The standard InChI is InChI=1S/C33H38F4N6O2/c1-40-10-12-41(13-11-40)17-22-14-26-27(28(15-22)33(35,36)37)18-42(31(26)44)25-9-5-6-23(16-25)32(19-45-20-32)29(34)30-39-38-21-43(30)24-7-3-2-4-8-24/h5-6,9,14-16,21,24,29H,2-4,7-8,10-13,17-20H2,1H3. The topological polar surface area (TPSA) is 66.7 Å². The third-order valence-electron chi connectivity index (χ3n) is 10.1. The van der Waals surface area contributed by atoms with Gasteiger partial charge in [-0.3, -0.25) is 9.69 Å². The average molecular weight is 627 g/mol. The largest absolute Gasteiger partial charge is 0.416 e. The first-order chi connectivity index (χ1) is 21.6. The van der Waals surface area contributed by atoms with Crippen molar-refractivity contribution in [3.63, 3.8) is 0 Å². The van der Waals surface area contributed by atoms with Crippen LogP contribution in [-0.2, 0) is 29.4 Å². The number of nitrogens with zero attached hydrogens (tertiary/aromatic N) is 6. The summed E-state index contributed by atoms with van der Waals surface area (Å²) < 4.78 is 67.1. The van der Waals surface area contributed by atoms with E-state index in [1.165, 1.54) is 17.4 Å². The molecule has 12 heteroatoms. The highest BCUT2D eigenvalue weighted by molar-refractivity contribution is 6.10. The highest BCUT2D eigenvalue weighted by Crippen LogP contribution is 2.48. The number of piperazine rings is 1. The van der Waals surface area contributed by atoms with Gasteiger partial charge < -0.3 is 19.1 Å². The monoisotopic (exact) mass is 626 g/mol. The van der Waals surface area contributed by atoms with Crippen LogP contribution < -0.4 is 4.90 Å². The lowest BCUT2D eigenvalue weighted by molar-refractivity contribution is -0.138. The molecule has 7 rings (SSSR count). The molecule has 3 aliphatic heterocycles. The lowest BCUT2D eigenvalue weighted by atomic mass is 9.74. The molecule has 0 bridgehead atoms. The zero-order valence-electron chi connectivity index (χ0n) is 25.4. The minimum atomic E-state index is -4.61. The molecule has 0 spiro atoms. The Morgan fingerprint density at radius 3 is 2.49 bits per heavy atom. The van der Waals surface area contributed by atoms with E-state index in [9.17, 15) is 18.0 Å². The van der Waals surface area contributed by atoms with Crippen molar-refractivity contribution in [3.05, 3.63) is 76.4 Å². The second kappa shape index (κ2) is 11.8. The van der Waals surface area contributed by atoms with Crippen LogP contribution in [0, 0.1) is 0 Å². The number of rotatable bonds is 7. The van der Waals surface area contributed by atoms with E-state index >= 15 is 4.39 Å². The number of fused-ring (bicyclic) bond motifs is 1. The Kier molecular flexibility index (Phi) is 7.94. The summed E-state index contributed by atoms with van der Waals surface area (Å²) >= 11 is 0. The van der Waals surface area contributed by atoms with E-state index in [0.717, 1.165) is 51.9 Å². The van der Waals surface area contributed by atoms with Crippen molar-refractivity contribution in [2.45, 2.75) is 69.0 Å². The predicted octanol–water partition coefficient (Wildman–Crippen LogP) is 5.69. The molecule has 1 atom stereocenters. The fourth-order valence-corrected chi connectivity index (χ4v) is 7.37. The zero-order chi connectivity index (χ0) is 31.3. The molecular weight excluding hydrogens is 588 g/mol. The highest BCUT2D eigenvalue weighted by atomic mass is 19.4. The van der Waals surface area contributed by atoms with Crippen LogP contribution in [0.4, 0.5) is 23.2 Å². The SMILES string of the molecule is CN1CCN(Cc2cc3c(c(C(F)(F)F)c2)CN(c2cccc(C4(C(F)c5nncn5C5CCCCC5)COC4)c2)C3=O)CC1. The molecule has 1 aromatic heterocycles. The average Bonchev–Trinajstić information content (AvgIpc) is 3.63. The van der Waals surface area contributed by atoms with E-state index in [2.05, 4.69) is 20.0 Å². The first kappa shape index (κ1) is 30.3. The Morgan fingerprint density at radius 2 is 1.80 bits per heavy atom. The molecule has 1 amide bonds. The van der Waals surface area contributed by atoms with Gasteiger partial charge in [-0.2, -0.15) is 13.2 Å². The van der Waals surface area contributed by atoms with Crippen LogP contribution in [-0.4, -0.2) is 76.9 Å². The summed E-state index contributed by atoms with van der Waals surface area (Å²) in [5.41, 5.74) is -0.246. The van der Waals surface area contributed by atoms with Crippen molar-refractivity contribution < 1.29 is 27.1 Å². The van der Waals surface area contributed by atoms with Crippen LogP contribution >= 0.6 is 0 Å². The van der Waals surface area contributed by atoms with Crippen molar-refractivity contribution in [3.8, 4) is 0 Å². The third-order valence-corrected chi connectivity index (χ3v) is 10.1. The van der Waals surface area contributed by atoms with Gasteiger partial charge in [0.05, 0.1) is 30.7 Å². The van der Waals surface area contributed by atoms with Crippen molar-refractivity contribution in [2.24, 2.45) is 0 Å². The van der Waals surface area contributed by atoms with E-state index in [-0.39, 0.29) is 42.8 Å². The Labute approximate surface area is 259 Å². The molecule has 1 saturated carbocycles. The van der Waals surface area contributed by atoms with E-state index < -0.39 is 29.2 Å². The van der Waals surface area contributed by atoms with E-state index in [1.807, 2.05) is 11.6 Å². The predicted molar refractivity (Wildman–Crippen MR) is 160 cm³/mol. The molecule has 45 heavy (non-hydrogen) atoms. The van der Waals surface area contributed by atoms with Crippen LogP contribution in [0.5, 0.6) is 0 Å². The molecule has 240 valence electrons. The Hall–Kier alpha value is -3.35. The smallest absolute Gasteiger partial charge is 0.379 e. The molecule has 0 radical (unpaired) electrons. The molecule has 3 fully saturated rings. The molecule has 4 aliphatic rings. The third kappa shape index (κ3) is 5.54. The molecule has 2 aromatic carbocycles. The fraction of sp³-hybridized carbons (Fsp3) is 0.545. The maximum Gasteiger partial charge on any atom is 0.416 e. The lowest BCUT2D eigenvalue weighted by Gasteiger charge is -2.44. The van der Waals surface area contributed by atoms with Gasteiger partial charge in [-0.05, 0) is 60.8 Å². The van der Waals surface area contributed by atoms with Crippen molar-refractivity contribution in [1.82, 2.24) is 24.6 Å². The van der Waals surface area contributed by atoms with Gasteiger partial charge >= 0.3 is 6.18 Å². The molecule has 0 N–H and O–H groups in total. The number of benzene rings is 2. The molecule has 8 nitrogen and oxygen atoms in total. The Bertz CT molecular complexity index is 1560. The van der Waals surface area contributed by atoms with Crippen molar-refractivity contribution in [1.29, 1.82) is 0 Å². The lowest BCUT2D eigenvalue weighted by Crippen LogP contribution is -2.51. The number of likely N-dealkylation sites (N-methyl/N-ethyl adjacent to an activating group) is 1. The maximum absolute atomic E-state index is 16.6. The van der Waals surface area contributed by atoms with E-state index in [4.69, 9.17) is 4.74 Å². The number of aromatic nitrogens is 3. The Balaban J connectivity index is 1.18. The van der Waals surface area contributed by atoms with Gasteiger partial charge in [-0.1, -0.05) is 31.4 Å². The van der Waals surface area contributed by atoms with Gasteiger partial charge in [0.2, 0.25) is 0 Å². The first-order valence-corrected chi connectivity index (χ1v) is 15.8. The minimum absolute atomic E-state index is 0.0225. The normalized spacial score (nSPS) is 22.0. The molecule has 1 aliphatic carbocycles. The quantitative estimate of drug-likeness (QED) is 0.314. The number of carbonyl (C=O) groups is 1. The summed E-state index contributed by atoms with van der Waals surface area (Å²) in [5, 5.41) is 8.25. The summed E-state index contributed by atoms with van der Waals surface area (Å²) in [7, 11) is 2.02. The molecule has 3 aromatic rings. The molecule has 4 heterocycles. The molecule has 1 unspecified atom stereocenters. The first-order valence-electron chi connectivity index (χ1n) is 15.8. The van der Waals surface area contributed by atoms with Crippen LogP contribution in [0.1, 0.15) is 82.8 Å². The highest BCUT2D eigenvalue weighted by Gasteiger charge is 2.51. The second-order valence-corrected chi connectivity index (χ2v) is 13.1. The summed E-state index contributed by atoms with van der Waals surface area (Å²) in [6, 6.07) is 9.89. The molecule has 2 saturated heterocycles. The Morgan fingerprint density at radius 1 is 1.04 bits per heavy atom. The van der Waals surface area contributed by atoms with Crippen molar-refractivity contribution >= 4 is 11.6 Å². The van der Waals surface area contributed by atoms with Crippen LogP contribution in [0.2, 0.25) is 0 Å². The molecular formula is C33H38F4N6O2. The van der Waals surface area contributed by atoms with Gasteiger partial charge in [0.25, 0.3) is 5.91 Å². The minimum Gasteiger partial charge on any atom is -0.379 e. The van der Waals surface area contributed by atoms with Crippen molar-refractivity contribution in [2.75, 3.05) is 51.3 Å². The van der Waals surface area contributed by atoms with Gasteiger partial charge in [0.1, 0.15) is 6.33 Å². The maximum atomic E-state index is 16.6. The van der Waals surface area contributed by atoms with Gasteiger partial charge in [0.15, 0.2) is 12.0 Å². The summed E-state index contributed by atoms with van der Waals surface area (Å²) in [6.45, 7) is 3.56. The number of hydrogen-bond donors (Lipinski definition) is 0. The van der Waals surface area contributed by atoms with Gasteiger partial charge in [-0.25, -0.2) is 4.39 Å². The number of carbonyl (C=O) groups excluding carboxylic acids is 1. The summed E-state index contributed by atoms with van der Waals surface area (Å²) in [6.07, 6.45) is 0.715. The number of anilines is 1. The van der Waals surface area contributed by atoms with Crippen LogP contribution in [0.3, 0.4) is 0 Å². The van der Waals surface area contributed by atoms with Gasteiger partial charge in [0, 0.05) is 50.0 Å². The fourth-order valence-electron chi connectivity index (χ4n) is 7.37. The van der Waals surface area contributed by atoms with E-state index in [0.29, 0.717) is 23.4 Å². The summed E-state index contributed by atoms with van der Waals surface area (Å²) in [5.74, 6) is -0.219. The number of amides is 1. The second-order valence-electron chi connectivity index (χ2n) is 13.1. The van der Waals surface area contributed by atoms with Crippen LogP contribution in [0.15, 0.2) is 42.7 Å². The van der Waals surface area contributed by atoms with E-state index in [1.54, 1.807) is 36.7 Å². The number of ether oxygens (including phenoxy) is 1. The zero-order valence-corrected chi connectivity index (χ0v) is 25.4. The van der Waals surface area contributed by atoms with Crippen LogP contribution in [0.25, 0.3) is 0 Å². The number of halogens is 4. The number of alkyl halides is 4. The number of hydrogen-bond acceptors (Lipinski definition) is 6.